The molecule has 0 radical (unpaired) electrons. The maximum absolute atomic E-state index is 12.7. The zero-order valence-electron chi connectivity index (χ0n) is 13.3. The first-order valence-corrected chi connectivity index (χ1v) is 9.02. The summed E-state index contributed by atoms with van der Waals surface area (Å²) in [6.07, 6.45) is 1.69. The number of aromatic amines is 1. The zero-order valence-corrected chi connectivity index (χ0v) is 16.5. The van der Waals surface area contributed by atoms with E-state index in [1.807, 2.05) is 18.2 Å². The van der Waals surface area contributed by atoms with E-state index in [0.29, 0.717) is 5.65 Å². The molecule has 0 aliphatic carbocycles. The van der Waals surface area contributed by atoms with Crippen molar-refractivity contribution in [1.29, 1.82) is 0 Å². The van der Waals surface area contributed by atoms with Crippen LogP contribution in [0.2, 0.25) is 0 Å². The van der Waals surface area contributed by atoms with Gasteiger partial charge in [-0.1, -0.05) is 15.9 Å². The molecule has 3 heterocycles. The minimum absolute atomic E-state index is 0.186. The molecule has 2 N–H and O–H groups in total. The molecule has 0 atom stereocenters. The van der Waals surface area contributed by atoms with E-state index >= 15 is 0 Å². The Balaban J connectivity index is 2.30. The average Bonchev–Trinajstić information content (AvgIpc) is 2.99. The van der Waals surface area contributed by atoms with E-state index in [1.165, 1.54) is 0 Å². The van der Waals surface area contributed by atoms with Gasteiger partial charge in [-0.05, 0) is 54.9 Å². The van der Waals surface area contributed by atoms with Gasteiger partial charge in [0.2, 0.25) is 0 Å². The van der Waals surface area contributed by atoms with Crippen LogP contribution >= 0.6 is 31.9 Å². The number of hydrogen-bond acceptors (Lipinski definition) is 3. The lowest BCUT2D eigenvalue weighted by Crippen LogP contribution is -2.27. The van der Waals surface area contributed by atoms with Crippen LogP contribution in [0.5, 0.6) is 0 Å². The maximum Gasteiger partial charge on any atom is 0.332 e. The van der Waals surface area contributed by atoms with Gasteiger partial charge in [0.15, 0.2) is 11.5 Å². The van der Waals surface area contributed by atoms with Crippen LogP contribution in [0.1, 0.15) is 20.8 Å². The van der Waals surface area contributed by atoms with E-state index in [4.69, 9.17) is 0 Å². The van der Waals surface area contributed by atoms with Gasteiger partial charge in [0, 0.05) is 15.4 Å². The molecule has 124 valence electrons. The molecule has 24 heavy (non-hydrogen) atoms. The summed E-state index contributed by atoms with van der Waals surface area (Å²) in [6, 6.07) is 5.81. The predicted molar refractivity (Wildman–Crippen MR) is 103 cm³/mol. The van der Waals surface area contributed by atoms with E-state index in [0.717, 1.165) is 31.2 Å². The lowest BCUT2D eigenvalue weighted by molar-refractivity contribution is 0.628. The summed E-state index contributed by atoms with van der Waals surface area (Å²) in [4.78, 5) is 15.7. The van der Waals surface area contributed by atoms with Gasteiger partial charge < -0.3 is 10.3 Å². The van der Waals surface area contributed by atoms with Crippen LogP contribution in [0.4, 0.5) is 5.82 Å². The third-order valence-corrected chi connectivity index (χ3v) is 4.80. The van der Waals surface area contributed by atoms with Crippen LogP contribution in [0.15, 0.2) is 38.1 Å². The van der Waals surface area contributed by atoms with Gasteiger partial charge in [-0.2, -0.15) is 9.61 Å². The molecule has 4 rings (SSSR count). The lowest BCUT2D eigenvalue weighted by Gasteiger charge is -2.21. The highest BCUT2D eigenvalue weighted by molar-refractivity contribution is 9.11. The molecular formula is C16H15Br2N5O. The first kappa shape index (κ1) is 15.7. The summed E-state index contributed by atoms with van der Waals surface area (Å²) in [6.45, 7) is 6.23. The summed E-state index contributed by atoms with van der Waals surface area (Å²) in [5, 5.41) is 8.86. The maximum atomic E-state index is 12.7. The summed E-state index contributed by atoms with van der Waals surface area (Å²) in [5.74, 6) is 0.789. The summed E-state index contributed by atoms with van der Waals surface area (Å²) >= 11 is 7.02. The average molecular weight is 453 g/mol. The van der Waals surface area contributed by atoms with Crippen LogP contribution in [-0.4, -0.2) is 24.5 Å². The molecule has 0 bridgehead atoms. The molecule has 0 unspecified atom stereocenters. The normalized spacial score (nSPS) is 12.5. The van der Waals surface area contributed by atoms with Crippen molar-refractivity contribution in [3.8, 4) is 0 Å². The molecule has 0 spiro atoms. The number of fused-ring (bicyclic) bond motifs is 5. The number of imidazole rings is 1. The van der Waals surface area contributed by atoms with E-state index in [2.05, 4.69) is 68.0 Å². The van der Waals surface area contributed by atoms with Crippen molar-refractivity contribution in [3.63, 3.8) is 0 Å². The van der Waals surface area contributed by atoms with Gasteiger partial charge >= 0.3 is 5.69 Å². The van der Waals surface area contributed by atoms with E-state index < -0.39 is 0 Å². The van der Waals surface area contributed by atoms with Gasteiger partial charge in [-0.25, -0.2) is 9.20 Å². The highest BCUT2D eigenvalue weighted by atomic mass is 79.9. The van der Waals surface area contributed by atoms with Crippen molar-refractivity contribution in [2.75, 3.05) is 5.32 Å². The fraction of sp³-hybridized carbons (Fsp3) is 0.250. The molecule has 0 aliphatic rings. The SMILES string of the molecule is CC(C)(C)Nc1c2c3cc(Br)ccc3[nH]c(=O)n2c2c(Br)cnn12. The zero-order chi connectivity index (χ0) is 17.2. The van der Waals surface area contributed by atoms with E-state index in [9.17, 15) is 4.79 Å². The van der Waals surface area contributed by atoms with E-state index in [-0.39, 0.29) is 11.2 Å². The van der Waals surface area contributed by atoms with Crippen molar-refractivity contribution in [2.24, 2.45) is 0 Å². The number of nitrogens with one attached hydrogen (secondary N) is 2. The van der Waals surface area contributed by atoms with Crippen molar-refractivity contribution < 1.29 is 0 Å². The quantitative estimate of drug-likeness (QED) is 0.455. The Morgan fingerprint density at radius 2 is 2.00 bits per heavy atom. The molecule has 4 aromatic rings. The Hall–Kier alpha value is -1.80. The molecule has 0 amide bonds. The molecule has 8 heteroatoms. The van der Waals surface area contributed by atoms with Gasteiger partial charge in [0.05, 0.1) is 16.2 Å². The topological polar surface area (TPSA) is 66.6 Å². The molecule has 0 fully saturated rings. The second kappa shape index (κ2) is 5.10. The minimum atomic E-state index is -0.201. The molecule has 0 saturated heterocycles. The summed E-state index contributed by atoms with van der Waals surface area (Å²) < 4.78 is 5.13. The van der Waals surface area contributed by atoms with Crippen molar-refractivity contribution in [1.82, 2.24) is 19.0 Å². The summed E-state index contributed by atoms with van der Waals surface area (Å²) in [7, 11) is 0. The highest BCUT2D eigenvalue weighted by Crippen LogP contribution is 2.33. The van der Waals surface area contributed by atoms with Crippen molar-refractivity contribution >= 4 is 59.7 Å². The predicted octanol–water partition coefficient (Wildman–Crippen LogP) is 4.16. The Kier molecular flexibility index (Phi) is 3.34. The van der Waals surface area contributed by atoms with Crippen LogP contribution < -0.4 is 11.0 Å². The van der Waals surface area contributed by atoms with E-state index in [1.54, 1.807) is 15.1 Å². The first-order valence-electron chi connectivity index (χ1n) is 7.44. The van der Waals surface area contributed by atoms with Crippen LogP contribution in [0.25, 0.3) is 22.1 Å². The smallest absolute Gasteiger partial charge is 0.332 e. The van der Waals surface area contributed by atoms with Gasteiger partial charge in [0.25, 0.3) is 0 Å². The summed E-state index contributed by atoms with van der Waals surface area (Å²) in [5.41, 5.74) is 1.89. The fourth-order valence-electron chi connectivity index (χ4n) is 2.90. The molecule has 6 nitrogen and oxygen atoms in total. The molecule has 3 aromatic heterocycles. The van der Waals surface area contributed by atoms with Crippen LogP contribution in [0, 0.1) is 0 Å². The van der Waals surface area contributed by atoms with Crippen molar-refractivity contribution in [2.45, 2.75) is 26.3 Å². The third kappa shape index (κ3) is 2.28. The Labute approximate surface area is 154 Å². The van der Waals surface area contributed by atoms with Crippen LogP contribution in [0.3, 0.4) is 0 Å². The highest BCUT2D eigenvalue weighted by Gasteiger charge is 2.23. The molecular weight excluding hydrogens is 438 g/mol. The van der Waals surface area contributed by atoms with Crippen LogP contribution in [-0.2, 0) is 0 Å². The number of benzene rings is 1. The number of aromatic nitrogens is 4. The Morgan fingerprint density at radius 3 is 2.71 bits per heavy atom. The number of anilines is 1. The van der Waals surface area contributed by atoms with Gasteiger partial charge in [-0.3, -0.25) is 0 Å². The number of H-pyrrole nitrogens is 1. The third-order valence-electron chi connectivity index (χ3n) is 3.75. The molecule has 0 saturated carbocycles. The standard InChI is InChI=1S/C16H15Br2N5O/c1-16(2,3)21-13-12-9-6-8(17)4-5-11(9)20-15(24)22(12)14-10(18)7-19-23(13)14/h4-7,21H,1-3H3,(H,20,24). The number of rotatable bonds is 1. The Bertz CT molecular complexity index is 1160. The minimum Gasteiger partial charge on any atom is -0.364 e. The molecule has 1 aromatic carbocycles. The number of halogens is 2. The second-order valence-electron chi connectivity index (χ2n) is 6.76. The van der Waals surface area contributed by atoms with Crippen molar-refractivity contribution in [3.05, 3.63) is 43.8 Å². The number of hydrogen-bond donors (Lipinski definition) is 2. The molecule has 0 aliphatic heterocycles. The fourth-order valence-corrected chi connectivity index (χ4v) is 3.70. The second-order valence-corrected chi connectivity index (χ2v) is 8.53. The largest absolute Gasteiger partial charge is 0.364 e. The number of nitrogens with zero attached hydrogens (tertiary/aromatic N) is 3. The first-order chi connectivity index (χ1) is 11.3. The monoisotopic (exact) mass is 451 g/mol. The van der Waals surface area contributed by atoms with Gasteiger partial charge in [-0.15, -0.1) is 0 Å². The lowest BCUT2D eigenvalue weighted by atomic mass is 10.1. The van der Waals surface area contributed by atoms with Gasteiger partial charge in [0.1, 0.15) is 5.52 Å². The Morgan fingerprint density at radius 1 is 1.25 bits per heavy atom.